The molecule has 0 aromatic rings. The van der Waals surface area contributed by atoms with Crippen LogP contribution in [-0.4, -0.2) is 58.0 Å². The largest absolute Gasteiger partial charge is 0.413 e. The van der Waals surface area contributed by atoms with Crippen LogP contribution < -0.4 is 0 Å². The Morgan fingerprint density at radius 1 is 1.04 bits per heavy atom. The Morgan fingerprint density at radius 3 is 2.09 bits per heavy atom. The van der Waals surface area contributed by atoms with Gasteiger partial charge >= 0.3 is 6.16 Å². The Kier molecular flexibility index (Phi) is 11.0. The van der Waals surface area contributed by atoms with Gasteiger partial charge in [-0.1, -0.05) is 12.7 Å². The van der Waals surface area contributed by atoms with E-state index in [1.165, 1.54) is 6.92 Å². The first-order valence-electron chi connectivity index (χ1n) is 6.72. The summed E-state index contributed by atoms with van der Waals surface area (Å²) in [6.45, 7) is 3.54. The van der Waals surface area contributed by atoms with Gasteiger partial charge in [-0.05, 0) is 12.5 Å². The molecule has 0 fully saturated rings. The van der Waals surface area contributed by atoms with Gasteiger partial charge in [0.1, 0.15) is 25.6 Å². The molecule has 0 heterocycles. The maximum Gasteiger partial charge on any atom is 0.413 e. The first-order chi connectivity index (χ1) is 10.8. The molecule has 0 aliphatic carbocycles. The third-order valence-corrected chi connectivity index (χ3v) is 2.36. The Morgan fingerprint density at radius 2 is 1.61 bits per heavy atom. The van der Waals surface area contributed by atoms with Crippen LogP contribution in [0.4, 0.5) is 22.0 Å². The minimum atomic E-state index is -2.93. The SMILES string of the molecule is C=CC(F)COC(OCCF)(OCC(F)F)OCC(F)C(=C)C. The fraction of sp³-hybridized carbons (Fsp3) is 0.714. The van der Waals surface area contributed by atoms with Crippen molar-refractivity contribution in [1.29, 1.82) is 0 Å². The van der Waals surface area contributed by atoms with Gasteiger partial charge in [0.2, 0.25) is 0 Å². The molecule has 0 aromatic carbocycles. The zero-order chi connectivity index (χ0) is 17.9. The van der Waals surface area contributed by atoms with Crippen molar-refractivity contribution in [3.05, 3.63) is 24.8 Å². The van der Waals surface area contributed by atoms with Crippen LogP contribution in [0.1, 0.15) is 6.92 Å². The number of halogens is 5. The van der Waals surface area contributed by atoms with Crippen LogP contribution in [0.25, 0.3) is 0 Å². The number of hydrogen-bond acceptors (Lipinski definition) is 4. The first kappa shape index (κ1) is 22.0. The van der Waals surface area contributed by atoms with Crippen LogP contribution in [0, 0.1) is 0 Å². The van der Waals surface area contributed by atoms with E-state index < -0.39 is 58.0 Å². The van der Waals surface area contributed by atoms with E-state index in [1.807, 2.05) is 0 Å². The molecule has 0 aliphatic heterocycles. The van der Waals surface area contributed by atoms with Gasteiger partial charge in [0.25, 0.3) is 6.43 Å². The summed E-state index contributed by atoms with van der Waals surface area (Å²) < 4.78 is 82.9. The highest BCUT2D eigenvalue weighted by Crippen LogP contribution is 2.22. The van der Waals surface area contributed by atoms with Gasteiger partial charge in [-0.3, -0.25) is 14.2 Å². The van der Waals surface area contributed by atoms with Gasteiger partial charge in [-0.25, -0.2) is 22.0 Å². The lowest BCUT2D eigenvalue weighted by atomic mass is 10.2. The highest BCUT2D eigenvalue weighted by atomic mass is 19.3. The molecule has 3 unspecified atom stereocenters. The zero-order valence-corrected chi connectivity index (χ0v) is 12.8. The van der Waals surface area contributed by atoms with Crippen LogP contribution in [0.5, 0.6) is 0 Å². The molecular formula is C14H21F5O4. The molecular weight excluding hydrogens is 327 g/mol. The van der Waals surface area contributed by atoms with Gasteiger partial charge in [0, 0.05) is 0 Å². The summed E-state index contributed by atoms with van der Waals surface area (Å²) in [5, 5.41) is 0. The molecule has 0 saturated heterocycles. The minimum Gasteiger partial charge on any atom is -0.301 e. The second-order valence-electron chi connectivity index (χ2n) is 4.43. The van der Waals surface area contributed by atoms with Crippen molar-refractivity contribution in [2.24, 2.45) is 0 Å². The average Bonchev–Trinajstić information content (AvgIpc) is 2.52. The normalized spacial score (nSPS) is 16.8. The van der Waals surface area contributed by atoms with Gasteiger partial charge in [0.15, 0.2) is 0 Å². The van der Waals surface area contributed by atoms with E-state index in [0.29, 0.717) is 0 Å². The third-order valence-electron chi connectivity index (χ3n) is 2.36. The molecule has 136 valence electrons. The topological polar surface area (TPSA) is 36.9 Å². The number of alkyl halides is 5. The molecule has 0 amide bonds. The van der Waals surface area contributed by atoms with Gasteiger partial charge in [-0.2, -0.15) is 0 Å². The molecule has 0 rings (SSSR count). The maximum atomic E-state index is 13.5. The van der Waals surface area contributed by atoms with Crippen LogP contribution in [-0.2, 0) is 18.9 Å². The lowest BCUT2D eigenvalue weighted by Gasteiger charge is -2.32. The van der Waals surface area contributed by atoms with Crippen LogP contribution in [0.15, 0.2) is 24.8 Å². The summed E-state index contributed by atoms with van der Waals surface area (Å²) in [7, 11) is 0. The van der Waals surface area contributed by atoms with Gasteiger partial charge in [0.05, 0.1) is 19.8 Å². The molecule has 0 N–H and O–H groups in total. The van der Waals surface area contributed by atoms with Crippen molar-refractivity contribution >= 4 is 0 Å². The number of hydrogen-bond donors (Lipinski definition) is 0. The smallest absolute Gasteiger partial charge is 0.301 e. The van der Waals surface area contributed by atoms with E-state index in [0.717, 1.165) is 6.08 Å². The van der Waals surface area contributed by atoms with Crippen LogP contribution in [0.2, 0.25) is 0 Å². The van der Waals surface area contributed by atoms with Crippen molar-refractivity contribution in [3.8, 4) is 0 Å². The van der Waals surface area contributed by atoms with E-state index in [2.05, 4.69) is 17.9 Å². The molecule has 0 spiro atoms. The maximum absolute atomic E-state index is 13.5. The van der Waals surface area contributed by atoms with Crippen molar-refractivity contribution in [2.45, 2.75) is 31.9 Å². The standard InChI is InChI=1S/C14H21F5O4/c1-4-11(16)7-21-14(20-6-5-15,23-9-13(18)19)22-8-12(17)10(2)3/h4,11-13H,1-2,5-9H2,3H3. The van der Waals surface area contributed by atoms with Crippen molar-refractivity contribution in [1.82, 2.24) is 0 Å². The predicted octanol–water partition coefficient (Wildman–Crippen LogP) is 3.34. The van der Waals surface area contributed by atoms with E-state index in [9.17, 15) is 22.0 Å². The Hall–Kier alpha value is -1.03. The van der Waals surface area contributed by atoms with Crippen molar-refractivity contribution in [2.75, 3.05) is 33.1 Å². The fourth-order valence-corrected chi connectivity index (χ4v) is 1.15. The Bertz CT molecular complexity index is 356. The number of ether oxygens (including phenoxy) is 4. The molecule has 23 heavy (non-hydrogen) atoms. The van der Waals surface area contributed by atoms with E-state index in [-0.39, 0.29) is 5.57 Å². The summed E-state index contributed by atoms with van der Waals surface area (Å²) in [5.41, 5.74) is 0.0905. The molecule has 0 aromatic heterocycles. The zero-order valence-electron chi connectivity index (χ0n) is 12.8. The predicted molar refractivity (Wildman–Crippen MR) is 73.3 cm³/mol. The molecule has 4 nitrogen and oxygen atoms in total. The highest BCUT2D eigenvalue weighted by Gasteiger charge is 2.38. The molecule has 0 saturated carbocycles. The monoisotopic (exact) mass is 348 g/mol. The van der Waals surface area contributed by atoms with Crippen molar-refractivity contribution in [3.63, 3.8) is 0 Å². The first-order valence-corrected chi connectivity index (χ1v) is 6.72. The number of rotatable bonds is 14. The second kappa shape index (κ2) is 11.5. The lowest BCUT2D eigenvalue weighted by molar-refractivity contribution is -0.504. The molecule has 9 heteroatoms. The Balaban J connectivity index is 5.01. The summed E-state index contributed by atoms with van der Waals surface area (Å²) in [6, 6.07) is 0. The lowest BCUT2D eigenvalue weighted by Crippen LogP contribution is -2.46. The summed E-state index contributed by atoms with van der Waals surface area (Å²) in [5.74, 6) is 0. The van der Waals surface area contributed by atoms with Crippen molar-refractivity contribution < 1.29 is 40.9 Å². The summed E-state index contributed by atoms with van der Waals surface area (Å²) >= 11 is 0. The van der Waals surface area contributed by atoms with Gasteiger partial charge in [-0.15, -0.1) is 6.58 Å². The quantitative estimate of drug-likeness (QED) is 0.274. The third kappa shape index (κ3) is 9.65. The van der Waals surface area contributed by atoms with E-state index in [1.54, 1.807) is 0 Å². The highest BCUT2D eigenvalue weighted by molar-refractivity contribution is 4.96. The summed E-state index contributed by atoms with van der Waals surface area (Å²) in [6.07, 6.45) is -8.08. The second-order valence-corrected chi connectivity index (χ2v) is 4.43. The molecule has 0 bridgehead atoms. The van der Waals surface area contributed by atoms with E-state index >= 15 is 0 Å². The molecule has 0 radical (unpaired) electrons. The molecule has 0 aliphatic rings. The van der Waals surface area contributed by atoms with Gasteiger partial charge < -0.3 is 4.74 Å². The van der Waals surface area contributed by atoms with E-state index in [4.69, 9.17) is 14.2 Å². The average molecular weight is 348 g/mol. The molecule has 3 atom stereocenters. The minimum absolute atomic E-state index is 0.0905. The van der Waals surface area contributed by atoms with Crippen LogP contribution in [0.3, 0.4) is 0 Å². The Labute approximate surface area is 131 Å². The van der Waals surface area contributed by atoms with Crippen LogP contribution >= 0.6 is 0 Å². The fourth-order valence-electron chi connectivity index (χ4n) is 1.15. The summed E-state index contributed by atoms with van der Waals surface area (Å²) in [4.78, 5) is 0.